The maximum absolute atomic E-state index is 13.3. The number of aliphatic carboxylic acids is 1. The van der Waals surface area contributed by atoms with E-state index in [1.54, 1.807) is 6.07 Å². The number of carbonyl (C=O) groups is 1. The van der Waals surface area contributed by atoms with Crippen molar-refractivity contribution in [3.8, 4) is 23.0 Å². The number of nitrogens with one attached hydrogen (secondary N) is 1. The number of nitro benzene ring substituents is 1. The lowest BCUT2D eigenvalue weighted by Gasteiger charge is -2.22. The second kappa shape index (κ2) is 9.26. The Balaban J connectivity index is 2.36. The topological polar surface area (TPSA) is 146 Å². The second-order valence-corrected chi connectivity index (χ2v) is 7.29. The lowest BCUT2D eigenvalue weighted by molar-refractivity contribution is -0.384. The van der Waals surface area contributed by atoms with Crippen LogP contribution in [0.4, 0.5) is 5.69 Å². The number of carboxylic acid groups (broad SMARTS) is 1. The van der Waals surface area contributed by atoms with Crippen molar-refractivity contribution in [1.82, 2.24) is 5.09 Å². The van der Waals surface area contributed by atoms with Gasteiger partial charge < -0.3 is 23.6 Å². The van der Waals surface area contributed by atoms with E-state index in [1.165, 1.54) is 45.4 Å². The summed E-state index contributed by atoms with van der Waals surface area (Å²) in [6.07, 6.45) is 0. The molecule has 0 radical (unpaired) electrons. The molecular weight excluding hydrogens is 407 g/mol. The van der Waals surface area contributed by atoms with Crippen LogP contribution in [0.25, 0.3) is 0 Å². The minimum Gasteiger partial charge on any atom is -0.496 e. The quantitative estimate of drug-likeness (QED) is 0.330. The van der Waals surface area contributed by atoms with Crippen molar-refractivity contribution in [2.45, 2.75) is 13.0 Å². The molecule has 0 amide bonds. The number of carboxylic acids is 1. The molecule has 0 heterocycles. The van der Waals surface area contributed by atoms with Gasteiger partial charge in [0.15, 0.2) is 0 Å². The van der Waals surface area contributed by atoms with E-state index in [2.05, 4.69) is 5.09 Å². The Morgan fingerprint density at radius 3 is 1.97 bits per heavy atom. The highest BCUT2D eigenvalue weighted by Crippen LogP contribution is 2.46. The van der Waals surface area contributed by atoms with E-state index in [4.69, 9.17) is 23.6 Å². The minimum absolute atomic E-state index is 0.0246. The number of hydrogen-bond acceptors (Lipinski definition) is 8. The van der Waals surface area contributed by atoms with Gasteiger partial charge in [0, 0.05) is 30.3 Å². The van der Waals surface area contributed by atoms with Crippen molar-refractivity contribution in [1.29, 1.82) is 0 Å². The van der Waals surface area contributed by atoms with E-state index >= 15 is 0 Å². The molecule has 0 bridgehead atoms. The fourth-order valence-corrected chi connectivity index (χ4v) is 3.61. The summed E-state index contributed by atoms with van der Waals surface area (Å²) in [5.74, 6) is -0.611. The minimum atomic E-state index is -4.28. The molecule has 29 heavy (non-hydrogen) atoms. The highest BCUT2D eigenvalue weighted by molar-refractivity contribution is 7.52. The van der Waals surface area contributed by atoms with Gasteiger partial charge in [-0.05, 0) is 19.1 Å². The highest BCUT2D eigenvalue weighted by Gasteiger charge is 2.33. The van der Waals surface area contributed by atoms with Crippen LogP contribution in [0.15, 0.2) is 42.5 Å². The standard InChI is InChI=1S/C17H19N2O9P/c1-11(17(20)21)18-29(24,27-13-6-4-12(5-7-13)19(22)23)28-16-9-14(25-2)8-15(10-16)26-3/h4-11H,1-3H3,(H,18,24)(H,20,21)/t11-,29?/m0/s1. The molecule has 0 aliphatic rings. The van der Waals surface area contributed by atoms with E-state index in [1.807, 2.05) is 0 Å². The molecule has 11 nitrogen and oxygen atoms in total. The number of hydrogen-bond donors (Lipinski definition) is 2. The van der Waals surface area contributed by atoms with Crippen molar-refractivity contribution < 1.29 is 37.9 Å². The Kier molecular flexibility index (Phi) is 7.03. The lowest BCUT2D eigenvalue weighted by Crippen LogP contribution is -2.34. The third-order valence-corrected chi connectivity index (χ3v) is 5.15. The van der Waals surface area contributed by atoms with Crippen molar-refractivity contribution >= 4 is 19.4 Å². The predicted octanol–water partition coefficient (Wildman–Crippen LogP) is 3.24. The van der Waals surface area contributed by atoms with Gasteiger partial charge in [-0.3, -0.25) is 14.9 Å². The third-order valence-electron chi connectivity index (χ3n) is 3.55. The summed E-state index contributed by atoms with van der Waals surface area (Å²) in [6, 6.07) is 7.81. The van der Waals surface area contributed by atoms with Crippen LogP contribution in [0.2, 0.25) is 0 Å². The van der Waals surface area contributed by atoms with Gasteiger partial charge in [0.05, 0.1) is 19.1 Å². The third kappa shape index (κ3) is 6.09. The van der Waals surface area contributed by atoms with Crippen LogP contribution in [-0.2, 0) is 9.36 Å². The van der Waals surface area contributed by atoms with Crippen LogP contribution in [0, 0.1) is 10.1 Å². The van der Waals surface area contributed by atoms with E-state index in [9.17, 15) is 19.5 Å². The molecular formula is C17H19N2O9P. The number of methoxy groups -OCH3 is 2. The van der Waals surface area contributed by atoms with E-state index < -0.39 is 24.7 Å². The molecule has 2 aromatic rings. The number of non-ortho nitro benzene ring substituents is 1. The summed E-state index contributed by atoms with van der Waals surface area (Å²) in [5.41, 5.74) is -0.197. The zero-order chi connectivity index (χ0) is 21.6. The first-order valence-corrected chi connectivity index (χ1v) is 9.67. The molecule has 2 N–H and O–H groups in total. The average molecular weight is 426 g/mol. The number of nitro groups is 1. The largest absolute Gasteiger partial charge is 0.513 e. The van der Waals surface area contributed by atoms with Crippen molar-refractivity contribution in [2.75, 3.05) is 14.2 Å². The van der Waals surface area contributed by atoms with Crippen LogP contribution < -0.4 is 23.6 Å². The molecule has 12 heteroatoms. The average Bonchev–Trinajstić information content (AvgIpc) is 2.67. The molecule has 2 rings (SSSR count). The first-order valence-electron chi connectivity index (χ1n) is 8.13. The zero-order valence-corrected chi connectivity index (χ0v) is 16.6. The van der Waals surface area contributed by atoms with Crippen LogP contribution in [0.5, 0.6) is 23.0 Å². The SMILES string of the molecule is COc1cc(OC)cc(OP(=O)(N[C@@H](C)C(=O)O)Oc2ccc([N+](=O)[O-])cc2)c1. The van der Waals surface area contributed by atoms with Crippen LogP contribution in [0.1, 0.15) is 6.92 Å². The van der Waals surface area contributed by atoms with Gasteiger partial charge in [0.1, 0.15) is 29.0 Å². The van der Waals surface area contributed by atoms with E-state index in [0.717, 1.165) is 12.1 Å². The number of ether oxygens (including phenoxy) is 2. The van der Waals surface area contributed by atoms with Crippen molar-refractivity contribution in [3.05, 3.63) is 52.6 Å². The zero-order valence-electron chi connectivity index (χ0n) is 15.7. The first kappa shape index (κ1) is 22.0. The monoisotopic (exact) mass is 426 g/mol. The Bertz CT molecular complexity index is 911. The molecule has 0 saturated carbocycles. The molecule has 0 spiro atoms. The number of rotatable bonds is 10. The van der Waals surface area contributed by atoms with E-state index in [0.29, 0.717) is 11.5 Å². The number of nitrogens with zero attached hydrogens (tertiary/aromatic N) is 1. The summed E-state index contributed by atoms with van der Waals surface area (Å²) in [4.78, 5) is 21.4. The predicted molar refractivity (Wildman–Crippen MR) is 102 cm³/mol. The summed E-state index contributed by atoms with van der Waals surface area (Å²) in [5, 5.41) is 22.2. The maximum Gasteiger partial charge on any atom is 0.513 e. The van der Waals surface area contributed by atoms with Crippen LogP contribution in [-0.4, -0.2) is 36.3 Å². The van der Waals surface area contributed by atoms with Crippen LogP contribution >= 0.6 is 7.75 Å². The van der Waals surface area contributed by atoms with Crippen molar-refractivity contribution in [2.24, 2.45) is 0 Å². The van der Waals surface area contributed by atoms with Gasteiger partial charge in [-0.25, -0.2) is 4.57 Å². The molecule has 0 saturated heterocycles. The smallest absolute Gasteiger partial charge is 0.496 e. The molecule has 1 unspecified atom stereocenters. The summed E-state index contributed by atoms with van der Waals surface area (Å²) < 4.78 is 34.3. The molecule has 0 aromatic heterocycles. The van der Waals surface area contributed by atoms with Gasteiger partial charge in [-0.2, -0.15) is 5.09 Å². The Hall–Kier alpha value is -3.30. The first-order chi connectivity index (χ1) is 13.7. The molecule has 2 atom stereocenters. The van der Waals surface area contributed by atoms with Gasteiger partial charge in [-0.15, -0.1) is 0 Å². The lowest BCUT2D eigenvalue weighted by atomic mass is 10.3. The molecule has 0 fully saturated rings. The van der Waals surface area contributed by atoms with E-state index in [-0.39, 0.29) is 17.2 Å². The molecule has 0 aliphatic carbocycles. The fraction of sp³-hybridized carbons (Fsp3) is 0.235. The normalized spacial score (nSPS) is 13.6. The van der Waals surface area contributed by atoms with Crippen molar-refractivity contribution in [3.63, 3.8) is 0 Å². The molecule has 0 aliphatic heterocycles. The van der Waals surface area contributed by atoms with Gasteiger partial charge >= 0.3 is 13.7 Å². The number of benzene rings is 2. The Labute approximate surface area is 165 Å². The van der Waals surface area contributed by atoms with Gasteiger partial charge in [0.25, 0.3) is 5.69 Å². The Morgan fingerprint density at radius 1 is 1.03 bits per heavy atom. The summed E-state index contributed by atoms with van der Waals surface area (Å²) in [6.45, 7) is 1.25. The summed E-state index contributed by atoms with van der Waals surface area (Å²) in [7, 11) is -1.46. The van der Waals surface area contributed by atoms with Gasteiger partial charge in [-0.1, -0.05) is 0 Å². The molecule has 2 aromatic carbocycles. The highest BCUT2D eigenvalue weighted by atomic mass is 31.2. The molecule has 156 valence electrons. The van der Waals surface area contributed by atoms with Crippen LogP contribution in [0.3, 0.4) is 0 Å². The summed E-state index contributed by atoms with van der Waals surface area (Å²) >= 11 is 0. The second-order valence-electron chi connectivity index (χ2n) is 5.67. The maximum atomic E-state index is 13.3. The Morgan fingerprint density at radius 2 is 1.52 bits per heavy atom. The van der Waals surface area contributed by atoms with Gasteiger partial charge in [0.2, 0.25) is 0 Å². The fourth-order valence-electron chi connectivity index (χ4n) is 2.10.